The number of aliphatic hydroxyl groups is 1. The summed E-state index contributed by atoms with van der Waals surface area (Å²) in [6.45, 7) is 0.511. The fourth-order valence-corrected chi connectivity index (χ4v) is 2.23. The van der Waals surface area contributed by atoms with E-state index in [0.717, 1.165) is 4.88 Å². The van der Waals surface area contributed by atoms with Gasteiger partial charge in [-0.25, -0.2) is 4.98 Å². The average Bonchev–Trinajstić information content (AvgIpc) is 2.75. The molecule has 0 saturated heterocycles. The van der Waals surface area contributed by atoms with Crippen LogP contribution in [0.2, 0.25) is 4.34 Å². The number of hydrogen-bond donors (Lipinski definition) is 1. The molecule has 2 aromatic rings. The number of halogens is 1. The van der Waals surface area contributed by atoms with Crippen molar-refractivity contribution in [2.24, 2.45) is 0 Å². The van der Waals surface area contributed by atoms with Gasteiger partial charge in [0.2, 0.25) is 0 Å². The lowest BCUT2D eigenvalue weighted by Crippen LogP contribution is -2.05. The van der Waals surface area contributed by atoms with Gasteiger partial charge in [-0.1, -0.05) is 11.6 Å². The number of nitrogens with zero attached hydrogens (tertiary/aromatic N) is 2. The van der Waals surface area contributed by atoms with Crippen LogP contribution in [0.25, 0.3) is 0 Å². The molecule has 1 N–H and O–H groups in total. The SMILES string of the molecule is OC(Cn1ccnc1)c1ccc(Cl)s1. The van der Waals surface area contributed by atoms with Gasteiger partial charge in [0.25, 0.3) is 0 Å². The highest BCUT2D eigenvalue weighted by molar-refractivity contribution is 7.16. The highest BCUT2D eigenvalue weighted by Crippen LogP contribution is 2.27. The minimum Gasteiger partial charge on any atom is -0.386 e. The Balaban J connectivity index is 2.06. The van der Waals surface area contributed by atoms with E-state index in [4.69, 9.17) is 11.6 Å². The minimum atomic E-state index is -0.512. The smallest absolute Gasteiger partial charge is 0.106 e. The summed E-state index contributed by atoms with van der Waals surface area (Å²) in [7, 11) is 0. The van der Waals surface area contributed by atoms with Crippen molar-refractivity contribution in [3.8, 4) is 0 Å². The van der Waals surface area contributed by atoms with Crippen molar-refractivity contribution >= 4 is 22.9 Å². The van der Waals surface area contributed by atoms with Crippen LogP contribution in [0.4, 0.5) is 0 Å². The number of thiophene rings is 1. The molecule has 0 radical (unpaired) electrons. The van der Waals surface area contributed by atoms with Crippen LogP contribution in [0.5, 0.6) is 0 Å². The molecule has 5 heteroatoms. The molecule has 2 heterocycles. The molecule has 0 aliphatic carbocycles. The van der Waals surface area contributed by atoms with Gasteiger partial charge in [0.05, 0.1) is 17.2 Å². The van der Waals surface area contributed by atoms with Crippen molar-refractivity contribution in [1.29, 1.82) is 0 Å². The summed E-state index contributed by atoms with van der Waals surface area (Å²) >= 11 is 7.17. The molecule has 2 aromatic heterocycles. The third-order valence-corrected chi connectivity index (χ3v) is 3.20. The summed E-state index contributed by atoms with van der Waals surface area (Å²) in [4.78, 5) is 4.78. The fourth-order valence-electron chi connectivity index (χ4n) is 1.19. The maximum absolute atomic E-state index is 9.81. The second kappa shape index (κ2) is 4.13. The molecule has 1 unspecified atom stereocenters. The highest BCUT2D eigenvalue weighted by atomic mass is 35.5. The van der Waals surface area contributed by atoms with E-state index in [0.29, 0.717) is 10.9 Å². The standard InChI is InChI=1S/C9H9ClN2OS/c10-9-2-1-8(14-9)7(13)5-12-4-3-11-6-12/h1-4,6-7,13H,5H2. The first-order valence-electron chi connectivity index (χ1n) is 4.15. The number of aromatic nitrogens is 2. The number of imidazole rings is 1. The zero-order valence-electron chi connectivity index (χ0n) is 7.30. The lowest BCUT2D eigenvalue weighted by atomic mass is 10.3. The molecule has 14 heavy (non-hydrogen) atoms. The predicted octanol–water partition coefficient (Wildman–Crippen LogP) is 2.33. The molecule has 0 saturated carbocycles. The quantitative estimate of drug-likeness (QED) is 0.876. The molecular formula is C9H9ClN2OS. The normalized spacial score (nSPS) is 13.0. The van der Waals surface area contributed by atoms with E-state index in [1.54, 1.807) is 18.6 Å². The second-order valence-electron chi connectivity index (χ2n) is 2.92. The fraction of sp³-hybridized carbons (Fsp3) is 0.222. The summed E-state index contributed by atoms with van der Waals surface area (Å²) in [6.07, 6.45) is 4.67. The zero-order chi connectivity index (χ0) is 9.97. The number of aliphatic hydroxyl groups excluding tert-OH is 1. The van der Waals surface area contributed by atoms with Crippen LogP contribution >= 0.6 is 22.9 Å². The van der Waals surface area contributed by atoms with Crippen LogP contribution in [0, 0.1) is 0 Å². The molecule has 0 fully saturated rings. The summed E-state index contributed by atoms with van der Waals surface area (Å²) in [6, 6.07) is 3.63. The summed E-state index contributed by atoms with van der Waals surface area (Å²) in [5, 5.41) is 9.81. The van der Waals surface area contributed by atoms with Crippen molar-refractivity contribution < 1.29 is 5.11 Å². The van der Waals surface area contributed by atoms with E-state index in [1.807, 2.05) is 16.8 Å². The molecule has 0 spiro atoms. The maximum atomic E-state index is 9.81. The second-order valence-corrected chi connectivity index (χ2v) is 4.66. The lowest BCUT2D eigenvalue weighted by Gasteiger charge is -2.08. The Hall–Kier alpha value is -0.840. The van der Waals surface area contributed by atoms with Crippen LogP contribution in [-0.4, -0.2) is 14.7 Å². The van der Waals surface area contributed by atoms with Gasteiger partial charge in [0, 0.05) is 17.3 Å². The van der Waals surface area contributed by atoms with Crippen LogP contribution < -0.4 is 0 Å². The Labute approximate surface area is 90.6 Å². The highest BCUT2D eigenvalue weighted by Gasteiger charge is 2.10. The van der Waals surface area contributed by atoms with Gasteiger partial charge in [-0.05, 0) is 12.1 Å². The van der Waals surface area contributed by atoms with E-state index in [2.05, 4.69) is 4.98 Å². The average molecular weight is 229 g/mol. The van der Waals surface area contributed by atoms with E-state index in [9.17, 15) is 5.11 Å². The largest absolute Gasteiger partial charge is 0.386 e. The van der Waals surface area contributed by atoms with Crippen molar-refractivity contribution in [3.05, 3.63) is 40.1 Å². The molecule has 0 amide bonds. The lowest BCUT2D eigenvalue weighted by molar-refractivity contribution is 0.160. The summed E-state index contributed by atoms with van der Waals surface area (Å²) in [5.41, 5.74) is 0. The molecule has 0 aromatic carbocycles. The monoisotopic (exact) mass is 228 g/mol. The van der Waals surface area contributed by atoms with E-state index in [-0.39, 0.29) is 0 Å². The molecule has 2 rings (SSSR count). The molecule has 74 valence electrons. The first-order valence-corrected chi connectivity index (χ1v) is 5.34. The molecule has 3 nitrogen and oxygen atoms in total. The van der Waals surface area contributed by atoms with E-state index >= 15 is 0 Å². The van der Waals surface area contributed by atoms with Gasteiger partial charge in [-0.15, -0.1) is 11.3 Å². The van der Waals surface area contributed by atoms with Gasteiger partial charge < -0.3 is 9.67 Å². The van der Waals surface area contributed by atoms with Crippen LogP contribution in [0.15, 0.2) is 30.9 Å². The van der Waals surface area contributed by atoms with Gasteiger partial charge in [0.15, 0.2) is 0 Å². The summed E-state index contributed by atoms with van der Waals surface area (Å²) < 4.78 is 2.53. The first kappa shape index (κ1) is 9.71. The zero-order valence-corrected chi connectivity index (χ0v) is 8.87. The van der Waals surface area contributed by atoms with Gasteiger partial charge in [-0.2, -0.15) is 0 Å². The summed E-state index contributed by atoms with van der Waals surface area (Å²) in [5.74, 6) is 0. The van der Waals surface area contributed by atoms with Crippen molar-refractivity contribution in [3.63, 3.8) is 0 Å². The van der Waals surface area contributed by atoms with E-state index < -0.39 is 6.10 Å². The third-order valence-electron chi connectivity index (χ3n) is 1.87. The Morgan fingerprint density at radius 2 is 2.43 bits per heavy atom. The van der Waals surface area contributed by atoms with Crippen LogP contribution in [0.1, 0.15) is 11.0 Å². The molecule has 0 aliphatic rings. The minimum absolute atomic E-state index is 0.511. The Morgan fingerprint density at radius 1 is 1.57 bits per heavy atom. The predicted molar refractivity (Wildman–Crippen MR) is 56.5 cm³/mol. The molecule has 0 aliphatic heterocycles. The van der Waals surface area contributed by atoms with Crippen molar-refractivity contribution in [2.45, 2.75) is 12.6 Å². The number of hydrogen-bond acceptors (Lipinski definition) is 3. The van der Waals surface area contributed by atoms with Gasteiger partial charge >= 0.3 is 0 Å². The molecule has 0 bridgehead atoms. The third kappa shape index (κ3) is 2.15. The maximum Gasteiger partial charge on any atom is 0.106 e. The topological polar surface area (TPSA) is 38.0 Å². The van der Waals surface area contributed by atoms with Crippen molar-refractivity contribution in [2.75, 3.05) is 0 Å². The number of rotatable bonds is 3. The Morgan fingerprint density at radius 3 is 3.00 bits per heavy atom. The first-order chi connectivity index (χ1) is 6.75. The van der Waals surface area contributed by atoms with E-state index in [1.165, 1.54) is 11.3 Å². The molecule has 1 atom stereocenters. The Bertz CT molecular complexity index is 399. The van der Waals surface area contributed by atoms with Gasteiger partial charge in [0.1, 0.15) is 6.10 Å². The van der Waals surface area contributed by atoms with Crippen LogP contribution in [0.3, 0.4) is 0 Å². The van der Waals surface area contributed by atoms with Crippen molar-refractivity contribution in [1.82, 2.24) is 9.55 Å². The van der Waals surface area contributed by atoms with Crippen LogP contribution in [-0.2, 0) is 6.54 Å². The molecular weight excluding hydrogens is 220 g/mol. The Kier molecular flexibility index (Phi) is 2.86. The van der Waals surface area contributed by atoms with Gasteiger partial charge in [-0.3, -0.25) is 0 Å².